The van der Waals surface area contributed by atoms with E-state index < -0.39 is 10.8 Å². The molecule has 1 heteroatoms. The van der Waals surface area contributed by atoms with Crippen LogP contribution in [0.5, 0.6) is 0 Å². The van der Waals surface area contributed by atoms with Crippen molar-refractivity contribution in [3.63, 3.8) is 0 Å². The van der Waals surface area contributed by atoms with Crippen molar-refractivity contribution >= 4 is 38.6 Å². The lowest BCUT2D eigenvalue weighted by atomic mass is 9.51. The van der Waals surface area contributed by atoms with Crippen LogP contribution < -0.4 is 4.90 Å². The largest absolute Gasteiger partial charge is 0.310 e. The minimum absolute atomic E-state index is 0.503. The minimum Gasteiger partial charge on any atom is -0.310 e. The fraction of sp³-hybridized carbons (Fsp3) is 0.0312. The maximum Gasteiger partial charge on any atom is 0.0720 e. The summed E-state index contributed by atoms with van der Waals surface area (Å²) in [5.41, 5.74) is 17.5. The summed E-state index contributed by atoms with van der Waals surface area (Å²) in [5.74, 6) is 0. The van der Waals surface area contributed by atoms with E-state index in [1.807, 2.05) is 0 Å². The molecule has 2 aliphatic carbocycles. The third-order valence-electron chi connectivity index (χ3n) is 14.4. The van der Waals surface area contributed by atoms with Crippen molar-refractivity contribution < 1.29 is 0 Å². The number of nitrogens with zero attached hydrogens (tertiary/aromatic N) is 1. The molecular weight excluding hydrogens is 783 g/mol. The monoisotopic (exact) mass is 825 g/mol. The molecule has 1 nitrogen and oxygen atoms in total. The number of benzene rings is 11. The van der Waals surface area contributed by atoms with Crippen LogP contribution in [0.25, 0.3) is 43.8 Å². The summed E-state index contributed by atoms with van der Waals surface area (Å²) in [6.07, 6.45) is 0. The second kappa shape index (κ2) is 14.7. The first-order valence-corrected chi connectivity index (χ1v) is 22.7. The van der Waals surface area contributed by atoms with E-state index in [0.717, 1.165) is 17.1 Å². The van der Waals surface area contributed by atoms with Gasteiger partial charge in [-0.3, -0.25) is 0 Å². The van der Waals surface area contributed by atoms with E-state index in [-0.39, 0.29) is 0 Å². The van der Waals surface area contributed by atoms with Crippen LogP contribution in [0.2, 0.25) is 0 Å². The fourth-order valence-corrected chi connectivity index (χ4v) is 11.7. The summed E-state index contributed by atoms with van der Waals surface area (Å²) < 4.78 is 0. The van der Waals surface area contributed by atoms with E-state index >= 15 is 0 Å². The Kier molecular flexibility index (Phi) is 8.41. The predicted octanol–water partition coefficient (Wildman–Crippen LogP) is 16.2. The van der Waals surface area contributed by atoms with Gasteiger partial charge < -0.3 is 4.90 Å². The summed E-state index contributed by atoms with van der Waals surface area (Å²) in [7, 11) is 0. The quantitative estimate of drug-likeness (QED) is 0.145. The number of anilines is 3. The average molecular weight is 826 g/mol. The molecule has 0 heterocycles. The number of hydrogen-bond donors (Lipinski definition) is 0. The summed E-state index contributed by atoms with van der Waals surface area (Å²) in [6, 6.07) is 97.2. The topological polar surface area (TPSA) is 3.24 Å². The van der Waals surface area contributed by atoms with E-state index in [9.17, 15) is 0 Å². The molecule has 0 aliphatic heterocycles. The van der Waals surface area contributed by atoms with Crippen molar-refractivity contribution in [3.05, 3.63) is 305 Å². The Labute approximate surface area is 380 Å². The van der Waals surface area contributed by atoms with Crippen LogP contribution in [0.3, 0.4) is 0 Å². The minimum atomic E-state index is -0.665. The van der Waals surface area contributed by atoms with Crippen LogP contribution >= 0.6 is 0 Å². The van der Waals surface area contributed by atoms with Gasteiger partial charge >= 0.3 is 0 Å². The first-order valence-electron chi connectivity index (χ1n) is 22.7. The van der Waals surface area contributed by atoms with Crippen LogP contribution in [0.1, 0.15) is 44.5 Å². The van der Waals surface area contributed by atoms with Gasteiger partial charge in [0.2, 0.25) is 0 Å². The van der Waals surface area contributed by atoms with E-state index in [1.54, 1.807) is 0 Å². The number of rotatable bonds is 7. The summed E-state index contributed by atoms with van der Waals surface area (Å²) in [5, 5.41) is 4.95. The molecule has 0 N–H and O–H groups in total. The van der Waals surface area contributed by atoms with Crippen LogP contribution in [0, 0.1) is 0 Å². The van der Waals surface area contributed by atoms with E-state index in [2.05, 4.69) is 266 Å². The lowest BCUT2D eigenvalue weighted by Gasteiger charge is -2.49. The highest BCUT2D eigenvalue weighted by molar-refractivity contribution is 6.09. The van der Waals surface area contributed by atoms with Gasteiger partial charge in [0.05, 0.1) is 10.8 Å². The lowest BCUT2D eigenvalue weighted by Crippen LogP contribution is -2.44. The molecular formula is C64H43N. The average Bonchev–Trinajstić information content (AvgIpc) is 3.70. The van der Waals surface area contributed by atoms with Crippen molar-refractivity contribution in [1.82, 2.24) is 0 Å². The summed E-state index contributed by atoms with van der Waals surface area (Å²) >= 11 is 0. The third-order valence-corrected chi connectivity index (χ3v) is 14.4. The van der Waals surface area contributed by atoms with Crippen LogP contribution in [0.4, 0.5) is 17.1 Å². The van der Waals surface area contributed by atoms with Crippen molar-refractivity contribution in [2.45, 2.75) is 10.8 Å². The Morgan fingerprint density at radius 3 is 1.51 bits per heavy atom. The molecule has 13 rings (SSSR count). The Morgan fingerprint density at radius 1 is 0.262 bits per heavy atom. The molecule has 2 atom stereocenters. The maximum absolute atomic E-state index is 2.47. The molecule has 0 aromatic heterocycles. The molecule has 2 aliphatic rings. The van der Waals surface area contributed by atoms with Gasteiger partial charge in [-0.25, -0.2) is 0 Å². The molecule has 2 unspecified atom stereocenters. The first-order chi connectivity index (χ1) is 32.2. The third kappa shape index (κ3) is 5.39. The molecule has 0 saturated heterocycles. The SMILES string of the molecule is c1ccc(-c2ccc(N(c3cccc(C4(c5ccccc5)c5ccccc5C5(c6ccccc6)c6ccccc6-c6cccc4c65)c3)c3ccc4ccc5ccccc5c4c3)cc2)cc1. The van der Waals surface area contributed by atoms with Gasteiger partial charge in [-0.15, -0.1) is 0 Å². The van der Waals surface area contributed by atoms with Crippen molar-refractivity contribution in [1.29, 1.82) is 0 Å². The van der Waals surface area contributed by atoms with Gasteiger partial charge in [0.15, 0.2) is 0 Å². The van der Waals surface area contributed by atoms with Crippen LogP contribution in [0.15, 0.2) is 261 Å². The molecule has 65 heavy (non-hydrogen) atoms. The van der Waals surface area contributed by atoms with Crippen molar-refractivity contribution in [2.24, 2.45) is 0 Å². The molecule has 0 saturated carbocycles. The molecule has 0 bridgehead atoms. The first kappa shape index (κ1) is 37.3. The Morgan fingerprint density at radius 2 is 0.754 bits per heavy atom. The molecule has 11 aromatic rings. The number of hydrogen-bond acceptors (Lipinski definition) is 1. The second-order valence-corrected chi connectivity index (χ2v) is 17.5. The number of fused-ring (bicyclic) bond motifs is 8. The van der Waals surface area contributed by atoms with E-state index in [4.69, 9.17) is 0 Å². The van der Waals surface area contributed by atoms with Gasteiger partial charge in [0.1, 0.15) is 0 Å². The lowest BCUT2D eigenvalue weighted by molar-refractivity contribution is 0.627. The van der Waals surface area contributed by atoms with Gasteiger partial charge in [0, 0.05) is 17.1 Å². The van der Waals surface area contributed by atoms with Crippen LogP contribution in [-0.2, 0) is 10.8 Å². The highest BCUT2D eigenvalue weighted by atomic mass is 15.1. The molecule has 304 valence electrons. The van der Waals surface area contributed by atoms with E-state index in [0.29, 0.717) is 0 Å². The Bertz CT molecular complexity index is 3590. The van der Waals surface area contributed by atoms with Crippen molar-refractivity contribution in [3.8, 4) is 22.3 Å². The normalized spacial score (nSPS) is 16.7. The smallest absolute Gasteiger partial charge is 0.0720 e. The molecule has 0 fully saturated rings. The highest BCUT2D eigenvalue weighted by Gasteiger charge is 2.57. The molecule has 0 radical (unpaired) electrons. The standard InChI is InChI=1S/C64H43N/c1-4-18-44(19-5-1)45-36-39-51(40-37-45)65(53-41-38-47-35-34-46-20-10-11-27-54(46)57(47)43-53)52-26-16-25-50(42-52)63(48-21-6-2-7-22-48)59-31-14-15-32-60(59)64(49-23-8-3-9-24-49)58-30-13-12-28-55(58)56-29-17-33-61(63)62(56)64/h1-43H. The Hall–Kier alpha value is -8.26. The van der Waals surface area contributed by atoms with Gasteiger partial charge in [-0.1, -0.05) is 224 Å². The highest BCUT2D eigenvalue weighted by Crippen LogP contribution is 2.66. The predicted molar refractivity (Wildman–Crippen MR) is 271 cm³/mol. The molecule has 0 amide bonds. The molecule has 0 spiro atoms. The Balaban J connectivity index is 1.10. The van der Waals surface area contributed by atoms with E-state index in [1.165, 1.54) is 88.3 Å². The van der Waals surface area contributed by atoms with Gasteiger partial charge in [-0.05, 0) is 125 Å². The zero-order valence-electron chi connectivity index (χ0n) is 35.8. The second-order valence-electron chi connectivity index (χ2n) is 17.5. The summed E-state index contributed by atoms with van der Waals surface area (Å²) in [4.78, 5) is 2.45. The summed E-state index contributed by atoms with van der Waals surface area (Å²) in [6.45, 7) is 0. The van der Waals surface area contributed by atoms with Crippen molar-refractivity contribution in [2.75, 3.05) is 4.90 Å². The molecule has 11 aromatic carbocycles. The van der Waals surface area contributed by atoms with Gasteiger partial charge in [0.25, 0.3) is 0 Å². The van der Waals surface area contributed by atoms with Gasteiger partial charge in [-0.2, -0.15) is 0 Å². The zero-order chi connectivity index (χ0) is 43.0. The maximum atomic E-state index is 2.47. The zero-order valence-corrected chi connectivity index (χ0v) is 35.8. The van der Waals surface area contributed by atoms with Crippen LogP contribution in [-0.4, -0.2) is 0 Å². The fourth-order valence-electron chi connectivity index (χ4n) is 11.7.